The van der Waals surface area contributed by atoms with Gasteiger partial charge in [0.25, 0.3) is 0 Å². The summed E-state index contributed by atoms with van der Waals surface area (Å²) in [7, 11) is 0. The molecule has 0 spiro atoms. The van der Waals surface area contributed by atoms with Gasteiger partial charge in [-0.15, -0.1) is 0 Å². The number of aromatic hydroxyl groups is 1. The van der Waals surface area contributed by atoms with Gasteiger partial charge in [-0.05, 0) is 35.8 Å². The topological polar surface area (TPSA) is 49.3 Å². The first kappa shape index (κ1) is 12.9. The molecule has 19 heavy (non-hydrogen) atoms. The Balaban J connectivity index is 2.21. The molecule has 1 amide bonds. The van der Waals surface area contributed by atoms with Crippen molar-refractivity contribution in [1.29, 1.82) is 0 Å². The Hall–Kier alpha value is -2.55. The van der Waals surface area contributed by atoms with E-state index in [1.54, 1.807) is 12.1 Å². The molecule has 0 saturated carbocycles. The normalized spacial score (nSPS) is 9.89. The highest BCUT2D eigenvalue weighted by molar-refractivity contribution is 5.99. The molecule has 0 atom stereocenters. The fourth-order valence-corrected chi connectivity index (χ4v) is 1.81. The Morgan fingerprint density at radius 1 is 1.16 bits per heavy atom. The molecular weight excluding hydrogens is 238 g/mol. The molecule has 0 aliphatic heterocycles. The molecule has 96 valence electrons. The van der Waals surface area contributed by atoms with Crippen LogP contribution in [0, 0.1) is 0 Å². The molecule has 3 heteroatoms. The minimum Gasteiger partial charge on any atom is -0.506 e. The molecule has 2 aromatic carbocycles. The van der Waals surface area contributed by atoms with Gasteiger partial charge in [0.1, 0.15) is 5.75 Å². The van der Waals surface area contributed by atoms with Crippen molar-refractivity contribution in [3.05, 3.63) is 72.3 Å². The molecule has 0 fully saturated rings. The number of hydrogen-bond donors (Lipinski definition) is 2. The van der Waals surface area contributed by atoms with Crippen molar-refractivity contribution in [2.75, 3.05) is 5.32 Å². The number of anilines is 1. The van der Waals surface area contributed by atoms with E-state index in [1.165, 1.54) is 11.6 Å². The molecule has 0 radical (unpaired) electrons. The number of benzene rings is 2. The SMILES string of the molecule is C=CC(=O)Nc1cc(Cc2ccccc2)ccc1O. The summed E-state index contributed by atoms with van der Waals surface area (Å²) in [5.74, 6) is -0.292. The second kappa shape index (κ2) is 5.87. The Labute approximate surface area is 112 Å². The van der Waals surface area contributed by atoms with Crippen LogP contribution in [0.5, 0.6) is 5.75 Å². The number of rotatable bonds is 4. The van der Waals surface area contributed by atoms with Crippen LogP contribution in [0.4, 0.5) is 5.69 Å². The zero-order valence-electron chi connectivity index (χ0n) is 10.5. The van der Waals surface area contributed by atoms with Crippen LogP contribution in [0.25, 0.3) is 0 Å². The van der Waals surface area contributed by atoms with Crippen molar-refractivity contribution in [3.63, 3.8) is 0 Å². The number of amides is 1. The largest absolute Gasteiger partial charge is 0.506 e. The van der Waals surface area contributed by atoms with Crippen molar-refractivity contribution < 1.29 is 9.90 Å². The van der Waals surface area contributed by atoms with Gasteiger partial charge in [0.15, 0.2) is 0 Å². The maximum atomic E-state index is 11.3. The molecule has 0 saturated heterocycles. The van der Waals surface area contributed by atoms with Gasteiger partial charge in [-0.25, -0.2) is 0 Å². The first-order valence-electron chi connectivity index (χ1n) is 5.98. The molecule has 0 heterocycles. The highest BCUT2D eigenvalue weighted by atomic mass is 16.3. The first-order chi connectivity index (χ1) is 9.19. The second-order valence-corrected chi connectivity index (χ2v) is 4.21. The van der Waals surface area contributed by atoms with Crippen LogP contribution in [0.1, 0.15) is 11.1 Å². The van der Waals surface area contributed by atoms with E-state index in [4.69, 9.17) is 0 Å². The van der Waals surface area contributed by atoms with Crippen molar-refractivity contribution in [2.24, 2.45) is 0 Å². The molecular formula is C16H15NO2. The van der Waals surface area contributed by atoms with Gasteiger partial charge in [-0.1, -0.05) is 43.0 Å². The molecule has 0 unspecified atom stereocenters. The molecule has 3 nitrogen and oxygen atoms in total. The fraction of sp³-hybridized carbons (Fsp3) is 0.0625. The number of phenolic OH excluding ortho intramolecular Hbond substituents is 1. The van der Waals surface area contributed by atoms with E-state index in [2.05, 4.69) is 11.9 Å². The average Bonchev–Trinajstić information content (AvgIpc) is 2.43. The minimum absolute atomic E-state index is 0.0482. The molecule has 0 aromatic heterocycles. The average molecular weight is 253 g/mol. The highest BCUT2D eigenvalue weighted by Gasteiger charge is 2.05. The van der Waals surface area contributed by atoms with Crippen LogP contribution < -0.4 is 5.32 Å². The highest BCUT2D eigenvalue weighted by Crippen LogP contribution is 2.25. The molecule has 0 aliphatic rings. The van der Waals surface area contributed by atoms with E-state index in [0.717, 1.165) is 12.0 Å². The van der Waals surface area contributed by atoms with Gasteiger partial charge < -0.3 is 10.4 Å². The summed E-state index contributed by atoms with van der Waals surface area (Å²) < 4.78 is 0. The molecule has 0 aliphatic carbocycles. The quantitative estimate of drug-likeness (QED) is 0.649. The lowest BCUT2D eigenvalue weighted by atomic mass is 10.0. The van der Waals surface area contributed by atoms with Crippen molar-refractivity contribution in [1.82, 2.24) is 0 Å². The summed E-state index contributed by atoms with van der Waals surface area (Å²) in [4.78, 5) is 11.3. The monoisotopic (exact) mass is 253 g/mol. The predicted octanol–water partition coefficient (Wildman–Crippen LogP) is 3.11. The van der Waals surface area contributed by atoms with Crippen LogP contribution in [0.15, 0.2) is 61.2 Å². The number of phenols is 1. The molecule has 2 aromatic rings. The fourth-order valence-electron chi connectivity index (χ4n) is 1.81. The summed E-state index contributed by atoms with van der Waals surface area (Å²) in [6.07, 6.45) is 1.92. The third-order valence-electron chi connectivity index (χ3n) is 2.76. The van der Waals surface area contributed by atoms with E-state index in [1.807, 2.05) is 36.4 Å². The van der Waals surface area contributed by atoms with Crippen LogP contribution in [-0.2, 0) is 11.2 Å². The lowest BCUT2D eigenvalue weighted by Gasteiger charge is -2.08. The lowest BCUT2D eigenvalue weighted by Crippen LogP contribution is -2.07. The van der Waals surface area contributed by atoms with E-state index >= 15 is 0 Å². The van der Waals surface area contributed by atoms with Crippen LogP contribution in [0.2, 0.25) is 0 Å². The number of nitrogens with one attached hydrogen (secondary N) is 1. The van der Waals surface area contributed by atoms with Crippen molar-refractivity contribution in [2.45, 2.75) is 6.42 Å². The van der Waals surface area contributed by atoms with Gasteiger partial charge in [0, 0.05) is 0 Å². The molecule has 2 rings (SSSR count). The van der Waals surface area contributed by atoms with Crippen molar-refractivity contribution >= 4 is 11.6 Å². The van der Waals surface area contributed by atoms with Crippen molar-refractivity contribution in [3.8, 4) is 5.75 Å². The Morgan fingerprint density at radius 2 is 1.89 bits per heavy atom. The Morgan fingerprint density at radius 3 is 2.58 bits per heavy atom. The summed E-state index contributed by atoms with van der Waals surface area (Å²) >= 11 is 0. The Kier molecular flexibility index (Phi) is 3.98. The van der Waals surface area contributed by atoms with E-state index in [9.17, 15) is 9.90 Å². The maximum absolute atomic E-state index is 11.3. The van der Waals surface area contributed by atoms with Gasteiger partial charge in [-0.3, -0.25) is 4.79 Å². The van der Waals surface area contributed by atoms with Gasteiger partial charge in [0.2, 0.25) is 5.91 Å². The number of hydrogen-bond acceptors (Lipinski definition) is 2. The molecule has 2 N–H and O–H groups in total. The molecule has 0 bridgehead atoms. The zero-order valence-corrected chi connectivity index (χ0v) is 10.5. The lowest BCUT2D eigenvalue weighted by molar-refractivity contribution is -0.111. The predicted molar refractivity (Wildman–Crippen MR) is 76.2 cm³/mol. The van der Waals surface area contributed by atoms with Crippen LogP contribution in [0.3, 0.4) is 0 Å². The van der Waals surface area contributed by atoms with E-state index in [0.29, 0.717) is 5.69 Å². The van der Waals surface area contributed by atoms with Gasteiger partial charge in [-0.2, -0.15) is 0 Å². The van der Waals surface area contributed by atoms with Crippen LogP contribution >= 0.6 is 0 Å². The van der Waals surface area contributed by atoms with E-state index in [-0.39, 0.29) is 11.7 Å². The van der Waals surface area contributed by atoms with Gasteiger partial charge >= 0.3 is 0 Å². The second-order valence-electron chi connectivity index (χ2n) is 4.21. The van der Waals surface area contributed by atoms with Gasteiger partial charge in [0.05, 0.1) is 5.69 Å². The summed E-state index contributed by atoms with van der Waals surface area (Å²) in [5, 5.41) is 12.3. The standard InChI is InChI=1S/C16H15NO2/c1-2-16(19)17-14-11-13(8-9-15(14)18)10-12-6-4-3-5-7-12/h2-9,11,18H,1,10H2,(H,17,19). The smallest absolute Gasteiger partial charge is 0.247 e. The minimum atomic E-state index is -0.341. The maximum Gasteiger partial charge on any atom is 0.247 e. The third-order valence-corrected chi connectivity index (χ3v) is 2.76. The number of carbonyl (C=O) groups excluding carboxylic acids is 1. The summed E-state index contributed by atoms with van der Waals surface area (Å²) in [6, 6.07) is 15.2. The van der Waals surface area contributed by atoms with E-state index < -0.39 is 0 Å². The summed E-state index contributed by atoms with van der Waals surface area (Å²) in [6.45, 7) is 3.38. The zero-order chi connectivity index (χ0) is 13.7. The van der Waals surface area contributed by atoms with Crippen LogP contribution in [-0.4, -0.2) is 11.0 Å². The number of carbonyl (C=O) groups is 1. The third kappa shape index (κ3) is 3.45. The Bertz CT molecular complexity index is 591. The first-order valence-corrected chi connectivity index (χ1v) is 5.98. The summed E-state index contributed by atoms with van der Waals surface area (Å²) in [5.41, 5.74) is 2.59.